The number of thiophene rings is 1. The molecule has 0 aliphatic carbocycles. The molecule has 0 bridgehead atoms. The molecule has 0 aliphatic heterocycles. The number of aryl methyl sites for hydroxylation is 1. The van der Waals surface area contributed by atoms with Gasteiger partial charge in [0.1, 0.15) is 6.54 Å². The molecule has 0 atom stereocenters. The van der Waals surface area contributed by atoms with Gasteiger partial charge < -0.3 is 9.64 Å². The third kappa shape index (κ3) is 3.69. The Morgan fingerprint density at radius 2 is 2.24 bits per heavy atom. The fourth-order valence-corrected chi connectivity index (χ4v) is 2.64. The van der Waals surface area contributed by atoms with E-state index in [-0.39, 0.29) is 18.1 Å². The van der Waals surface area contributed by atoms with Crippen molar-refractivity contribution in [1.82, 2.24) is 14.7 Å². The number of rotatable bonds is 5. The zero-order chi connectivity index (χ0) is 15.4. The highest BCUT2D eigenvalue weighted by atomic mass is 32.1. The smallest absolute Gasteiger partial charge is 0.358 e. The van der Waals surface area contributed by atoms with E-state index < -0.39 is 5.97 Å². The van der Waals surface area contributed by atoms with E-state index in [9.17, 15) is 9.59 Å². The molecule has 2 rings (SSSR count). The van der Waals surface area contributed by atoms with Crippen LogP contribution in [0.4, 0.5) is 0 Å². The van der Waals surface area contributed by atoms with Crippen LogP contribution in [0.25, 0.3) is 0 Å². The van der Waals surface area contributed by atoms with Gasteiger partial charge in [-0.2, -0.15) is 5.10 Å². The molecule has 7 heteroatoms. The van der Waals surface area contributed by atoms with Gasteiger partial charge in [0, 0.05) is 23.7 Å². The summed E-state index contributed by atoms with van der Waals surface area (Å²) in [6.45, 7) is 2.43. The number of ether oxygens (including phenoxy) is 1. The van der Waals surface area contributed by atoms with Crippen LogP contribution in [0.3, 0.4) is 0 Å². The van der Waals surface area contributed by atoms with Crippen LogP contribution in [0.5, 0.6) is 0 Å². The van der Waals surface area contributed by atoms with E-state index >= 15 is 0 Å². The van der Waals surface area contributed by atoms with Crippen molar-refractivity contribution in [3.05, 3.63) is 39.8 Å². The molecule has 0 aliphatic rings. The molecule has 0 spiro atoms. The van der Waals surface area contributed by atoms with E-state index in [4.69, 9.17) is 0 Å². The number of esters is 1. The summed E-state index contributed by atoms with van der Waals surface area (Å²) in [7, 11) is 3.06. The van der Waals surface area contributed by atoms with Crippen molar-refractivity contribution in [3.63, 3.8) is 0 Å². The van der Waals surface area contributed by atoms with Gasteiger partial charge in [-0.15, -0.1) is 11.3 Å². The van der Waals surface area contributed by atoms with Gasteiger partial charge in [-0.3, -0.25) is 9.48 Å². The first-order valence-corrected chi connectivity index (χ1v) is 7.28. The molecule has 2 aromatic heterocycles. The summed E-state index contributed by atoms with van der Waals surface area (Å²) in [6, 6.07) is 3.94. The maximum Gasteiger partial charge on any atom is 0.358 e. The average molecular weight is 307 g/mol. The molecule has 0 saturated heterocycles. The molecule has 1 amide bonds. The number of amides is 1. The van der Waals surface area contributed by atoms with Crippen molar-refractivity contribution >= 4 is 23.2 Å². The van der Waals surface area contributed by atoms with E-state index in [2.05, 4.69) is 9.84 Å². The zero-order valence-corrected chi connectivity index (χ0v) is 13.0. The molecule has 0 unspecified atom stereocenters. The molecule has 0 N–H and O–H groups in total. The van der Waals surface area contributed by atoms with Gasteiger partial charge in [-0.25, -0.2) is 4.79 Å². The lowest BCUT2D eigenvalue weighted by Crippen LogP contribution is -2.29. The topological polar surface area (TPSA) is 64.4 Å². The number of likely N-dealkylation sites (N-methyl/N-ethyl adjacent to an activating group) is 1. The molecule has 0 saturated carbocycles. The van der Waals surface area contributed by atoms with Crippen LogP contribution in [0, 0.1) is 6.92 Å². The number of methoxy groups -OCH3 is 1. The largest absolute Gasteiger partial charge is 0.464 e. The summed E-state index contributed by atoms with van der Waals surface area (Å²) >= 11 is 1.61. The second kappa shape index (κ2) is 6.53. The predicted molar refractivity (Wildman–Crippen MR) is 79.1 cm³/mol. The van der Waals surface area contributed by atoms with Gasteiger partial charge in [0.05, 0.1) is 13.7 Å². The Bertz CT molecular complexity index is 634. The third-order valence-corrected chi connectivity index (χ3v) is 3.88. The number of carbonyl (C=O) groups is 2. The monoisotopic (exact) mass is 307 g/mol. The molecule has 2 aromatic rings. The van der Waals surface area contributed by atoms with Crippen LogP contribution < -0.4 is 0 Å². The number of hydrogen-bond acceptors (Lipinski definition) is 5. The molecule has 112 valence electrons. The fourth-order valence-electron chi connectivity index (χ4n) is 1.88. The van der Waals surface area contributed by atoms with E-state index in [1.54, 1.807) is 36.4 Å². The van der Waals surface area contributed by atoms with Crippen LogP contribution in [-0.4, -0.2) is 40.7 Å². The minimum atomic E-state index is -0.495. The minimum absolute atomic E-state index is 0.0673. The predicted octanol–water partition coefficient (Wildman–Crippen LogP) is 1.70. The molecular formula is C14H17N3O3S. The fraction of sp³-hybridized carbons (Fsp3) is 0.357. The summed E-state index contributed by atoms with van der Waals surface area (Å²) in [5.41, 5.74) is 0.932. The quantitative estimate of drug-likeness (QED) is 0.789. The second-order valence-electron chi connectivity index (χ2n) is 4.68. The van der Waals surface area contributed by atoms with Crippen molar-refractivity contribution in [2.24, 2.45) is 0 Å². The van der Waals surface area contributed by atoms with Gasteiger partial charge >= 0.3 is 5.97 Å². The van der Waals surface area contributed by atoms with Crippen molar-refractivity contribution in [2.75, 3.05) is 14.2 Å². The SMILES string of the molecule is COC(=O)c1nn(CC(=O)N(C)Cc2cccs2)cc1C. The van der Waals surface area contributed by atoms with Gasteiger partial charge in [-0.1, -0.05) is 6.07 Å². The number of nitrogens with zero attached hydrogens (tertiary/aromatic N) is 3. The zero-order valence-electron chi connectivity index (χ0n) is 12.2. The summed E-state index contributed by atoms with van der Waals surface area (Å²) in [6.07, 6.45) is 1.67. The van der Waals surface area contributed by atoms with E-state index in [1.807, 2.05) is 17.5 Å². The van der Waals surface area contributed by atoms with E-state index in [0.29, 0.717) is 12.1 Å². The number of aromatic nitrogens is 2. The molecule has 2 heterocycles. The van der Waals surface area contributed by atoms with Gasteiger partial charge in [0.15, 0.2) is 5.69 Å². The summed E-state index contributed by atoms with van der Waals surface area (Å²) in [5, 5.41) is 6.08. The van der Waals surface area contributed by atoms with Gasteiger partial charge in [0.25, 0.3) is 0 Å². The van der Waals surface area contributed by atoms with Crippen LogP contribution in [0.2, 0.25) is 0 Å². The van der Waals surface area contributed by atoms with Crippen LogP contribution in [0.1, 0.15) is 20.9 Å². The van der Waals surface area contributed by atoms with Crippen molar-refractivity contribution in [3.8, 4) is 0 Å². The maximum absolute atomic E-state index is 12.2. The Morgan fingerprint density at radius 1 is 1.48 bits per heavy atom. The minimum Gasteiger partial charge on any atom is -0.464 e. The summed E-state index contributed by atoms with van der Waals surface area (Å²) in [5.74, 6) is -0.562. The van der Waals surface area contributed by atoms with Crippen molar-refractivity contribution in [2.45, 2.75) is 20.0 Å². The highest BCUT2D eigenvalue weighted by Gasteiger charge is 2.17. The molecule has 0 fully saturated rings. The molecule has 21 heavy (non-hydrogen) atoms. The Kier molecular flexibility index (Phi) is 4.74. The summed E-state index contributed by atoms with van der Waals surface area (Å²) < 4.78 is 6.11. The first-order chi connectivity index (χ1) is 10.0. The Balaban J connectivity index is 2.00. The number of hydrogen-bond donors (Lipinski definition) is 0. The third-order valence-electron chi connectivity index (χ3n) is 3.02. The second-order valence-corrected chi connectivity index (χ2v) is 5.71. The molecule has 0 radical (unpaired) electrons. The maximum atomic E-state index is 12.2. The van der Waals surface area contributed by atoms with Crippen LogP contribution in [0.15, 0.2) is 23.7 Å². The standard InChI is InChI=1S/C14H17N3O3S/c1-10-7-17(15-13(10)14(19)20-3)9-12(18)16(2)8-11-5-4-6-21-11/h4-7H,8-9H2,1-3H3. The molecular weight excluding hydrogens is 290 g/mol. The molecule has 0 aromatic carbocycles. The highest BCUT2D eigenvalue weighted by molar-refractivity contribution is 7.09. The molecule has 6 nitrogen and oxygen atoms in total. The lowest BCUT2D eigenvalue weighted by molar-refractivity contribution is -0.131. The van der Waals surface area contributed by atoms with E-state index in [0.717, 1.165) is 4.88 Å². The lowest BCUT2D eigenvalue weighted by Gasteiger charge is -2.16. The van der Waals surface area contributed by atoms with Gasteiger partial charge in [-0.05, 0) is 18.4 Å². The Hall–Kier alpha value is -2.15. The first kappa shape index (κ1) is 15.2. The van der Waals surface area contributed by atoms with E-state index in [1.165, 1.54) is 11.8 Å². The van der Waals surface area contributed by atoms with Crippen LogP contribution in [-0.2, 0) is 22.6 Å². The normalized spacial score (nSPS) is 10.4. The van der Waals surface area contributed by atoms with Crippen LogP contribution >= 0.6 is 11.3 Å². The van der Waals surface area contributed by atoms with Crippen molar-refractivity contribution in [1.29, 1.82) is 0 Å². The number of carbonyl (C=O) groups excluding carboxylic acids is 2. The highest BCUT2D eigenvalue weighted by Crippen LogP contribution is 2.12. The summed E-state index contributed by atoms with van der Waals surface area (Å²) in [4.78, 5) is 26.4. The Morgan fingerprint density at radius 3 is 2.86 bits per heavy atom. The lowest BCUT2D eigenvalue weighted by atomic mass is 10.3. The van der Waals surface area contributed by atoms with Crippen molar-refractivity contribution < 1.29 is 14.3 Å². The average Bonchev–Trinajstić information content (AvgIpc) is 3.07. The first-order valence-electron chi connectivity index (χ1n) is 6.40. The van der Waals surface area contributed by atoms with Gasteiger partial charge in [0.2, 0.25) is 5.91 Å². The Labute approximate surface area is 126 Å².